The Labute approximate surface area is 196 Å². The fraction of sp³-hybridized carbons (Fsp3) is 0.292. The van der Waals surface area contributed by atoms with Gasteiger partial charge in [-0.3, -0.25) is 9.59 Å². The van der Waals surface area contributed by atoms with Gasteiger partial charge in [0.05, 0.1) is 17.2 Å². The minimum Gasteiger partial charge on any atom is -0.368 e. The van der Waals surface area contributed by atoms with Crippen LogP contribution in [0.3, 0.4) is 0 Å². The molecule has 0 aliphatic carbocycles. The lowest BCUT2D eigenvalue weighted by Crippen LogP contribution is -2.49. The van der Waals surface area contributed by atoms with Gasteiger partial charge < -0.3 is 15.1 Å². The van der Waals surface area contributed by atoms with Crippen molar-refractivity contribution in [3.63, 3.8) is 0 Å². The molecule has 0 radical (unpaired) electrons. The summed E-state index contributed by atoms with van der Waals surface area (Å²) in [6, 6.07) is 20.2. The zero-order chi connectivity index (χ0) is 22.3. The van der Waals surface area contributed by atoms with Crippen LogP contribution in [-0.4, -0.2) is 59.4 Å². The molecule has 8 heteroatoms. The Hall–Kier alpha value is -2.84. The second-order valence-corrected chi connectivity index (χ2v) is 9.72. The van der Waals surface area contributed by atoms with Gasteiger partial charge in [0.1, 0.15) is 0 Å². The normalized spacial score (nSPS) is 13.8. The van der Waals surface area contributed by atoms with E-state index in [4.69, 9.17) is 0 Å². The van der Waals surface area contributed by atoms with Gasteiger partial charge in [0.15, 0.2) is 5.13 Å². The monoisotopic (exact) mass is 466 g/mol. The van der Waals surface area contributed by atoms with Crippen molar-refractivity contribution >= 4 is 45.7 Å². The standard InChI is InChI=1S/C24H26N4O2S2/c1-18-23(19-8-4-2-5-9-19)26-24(32-18)25-21(29)16-31-17-22(30)28-14-12-27(13-15-28)20-10-6-3-7-11-20/h2-11H,12-17H2,1H3,(H,25,26,29). The summed E-state index contributed by atoms with van der Waals surface area (Å²) in [4.78, 5) is 34.7. The summed E-state index contributed by atoms with van der Waals surface area (Å²) < 4.78 is 0. The SMILES string of the molecule is Cc1sc(NC(=O)CSCC(=O)N2CCN(c3ccccc3)CC2)nc1-c1ccccc1. The van der Waals surface area contributed by atoms with Crippen LogP contribution in [0.25, 0.3) is 11.3 Å². The minimum atomic E-state index is -0.134. The number of hydrogen-bond donors (Lipinski definition) is 1. The van der Waals surface area contributed by atoms with Gasteiger partial charge >= 0.3 is 0 Å². The van der Waals surface area contributed by atoms with E-state index in [1.165, 1.54) is 28.8 Å². The molecule has 1 aliphatic heterocycles. The molecule has 2 heterocycles. The fourth-order valence-electron chi connectivity index (χ4n) is 3.64. The van der Waals surface area contributed by atoms with Crippen LogP contribution < -0.4 is 10.2 Å². The summed E-state index contributed by atoms with van der Waals surface area (Å²) in [6.07, 6.45) is 0. The number of hydrogen-bond acceptors (Lipinski definition) is 6. The Morgan fingerprint density at radius 3 is 2.31 bits per heavy atom. The van der Waals surface area contributed by atoms with Gasteiger partial charge in [0.25, 0.3) is 0 Å². The number of nitrogens with zero attached hydrogens (tertiary/aromatic N) is 3. The first-order valence-corrected chi connectivity index (χ1v) is 12.6. The quantitative estimate of drug-likeness (QED) is 0.567. The molecule has 6 nitrogen and oxygen atoms in total. The number of benzene rings is 2. The first-order valence-electron chi connectivity index (χ1n) is 10.6. The van der Waals surface area contributed by atoms with Crippen molar-refractivity contribution in [3.05, 3.63) is 65.5 Å². The van der Waals surface area contributed by atoms with Crippen molar-refractivity contribution in [2.45, 2.75) is 6.92 Å². The maximum atomic E-state index is 12.5. The number of anilines is 2. The predicted molar refractivity (Wildman–Crippen MR) is 133 cm³/mol. The molecule has 0 atom stereocenters. The van der Waals surface area contributed by atoms with Gasteiger partial charge in [-0.2, -0.15) is 0 Å². The first kappa shape index (κ1) is 22.4. The highest BCUT2D eigenvalue weighted by molar-refractivity contribution is 8.00. The first-order chi connectivity index (χ1) is 15.6. The van der Waals surface area contributed by atoms with Crippen molar-refractivity contribution in [1.29, 1.82) is 0 Å². The Kier molecular flexibility index (Phi) is 7.44. The van der Waals surface area contributed by atoms with E-state index in [1.807, 2.05) is 60.4 Å². The van der Waals surface area contributed by atoms with Crippen molar-refractivity contribution in [1.82, 2.24) is 9.88 Å². The third kappa shape index (κ3) is 5.69. The number of amides is 2. The Morgan fingerprint density at radius 1 is 0.969 bits per heavy atom. The third-order valence-corrected chi connectivity index (χ3v) is 7.11. The number of carbonyl (C=O) groups excluding carboxylic acids is 2. The average molecular weight is 467 g/mol. The Morgan fingerprint density at radius 2 is 1.62 bits per heavy atom. The summed E-state index contributed by atoms with van der Waals surface area (Å²) in [5.74, 6) is 0.497. The summed E-state index contributed by atoms with van der Waals surface area (Å²) in [5.41, 5.74) is 3.12. The second kappa shape index (κ2) is 10.7. The van der Waals surface area contributed by atoms with Crippen LogP contribution in [0.1, 0.15) is 4.88 Å². The number of thioether (sulfide) groups is 1. The molecule has 0 spiro atoms. The van der Waals surface area contributed by atoms with Gasteiger partial charge in [-0.15, -0.1) is 23.1 Å². The largest absolute Gasteiger partial charge is 0.368 e. The molecule has 3 aromatic rings. The molecule has 1 fully saturated rings. The molecular weight excluding hydrogens is 440 g/mol. The Bertz CT molecular complexity index is 1050. The van der Waals surface area contributed by atoms with Crippen LogP contribution in [0.2, 0.25) is 0 Å². The van der Waals surface area contributed by atoms with E-state index in [2.05, 4.69) is 27.3 Å². The lowest BCUT2D eigenvalue weighted by atomic mass is 10.1. The molecule has 1 aliphatic rings. The zero-order valence-electron chi connectivity index (χ0n) is 18.0. The number of aryl methyl sites for hydroxylation is 1. The maximum Gasteiger partial charge on any atom is 0.236 e. The molecule has 2 amide bonds. The number of aromatic nitrogens is 1. The lowest BCUT2D eigenvalue weighted by Gasteiger charge is -2.36. The molecule has 4 rings (SSSR count). The van der Waals surface area contributed by atoms with E-state index in [1.54, 1.807) is 0 Å². The van der Waals surface area contributed by atoms with Gasteiger partial charge in [0, 0.05) is 42.3 Å². The van der Waals surface area contributed by atoms with E-state index in [9.17, 15) is 9.59 Å². The molecule has 0 unspecified atom stereocenters. The maximum absolute atomic E-state index is 12.5. The minimum absolute atomic E-state index is 0.0898. The molecular formula is C24H26N4O2S2. The summed E-state index contributed by atoms with van der Waals surface area (Å²) in [6.45, 7) is 5.07. The van der Waals surface area contributed by atoms with Crippen molar-refractivity contribution in [2.24, 2.45) is 0 Å². The average Bonchev–Trinajstić information content (AvgIpc) is 3.20. The van der Waals surface area contributed by atoms with E-state index < -0.39 is 0 Å². The zero-order valence-corrected chi connectivity index (χ0v) is 19.6. The number of nitrogens with one attached hydrogen (secondary N) is 1. The van der Waals surface area contributed by atoms with Crippen LogP contribution in [0.15, 0.2) is 60.7 Å². The number of rotatable bonds is 7. The highest BCUT2D eigenvalue weighted by atomic mass is 32.2. The predicted octanol–water partition coefficient (Wildman–Crippen LogP) is 4.14. The number of piperazine rings is 1. The number of para-hydroxylation sites is 1. The van der Waals surface area contributed by atoms with Crippen LogP contribution >= 0.6 is 23.1 Å². The van der Waals surface area contributed by atoms with Gasteiger partial charge in [-0.05, 0) is 19.1 Å². The van der Waals surface area contributed by atoms with E-state index in [0.29, 0.717) is 24.0 Å². The molecule has 1 saturated heterocycles. The van der Waals surface area contributed by atoms with Gasteiger partial charge in [0.2, 0.25) is 11.8 Å². The fourth-order valence-corrected chi connectivity index (χ4v) is 5.21. The van der Waals surface area contributed by atoms with Gasteiger partial charge in [-0.1, -0.05) is 48.5 Å². The smallest absolute Gasteiger partial charge is 0.236 e. The highest BCUT2D eigenvalue weighted by Crippen LogP contribution is 2.30. The van der Waals surface area contributed by atoms with Gasteiger partial charge in [-0.25, -0.2) is 4.98 Å². The Balaban J connectivity index is 1.20. The van der Waals surface area contributed by atoms with Crippen LogP contribution in [-0.2, 0) is 9.59 Å². The third-order valence-electron chi connectivity index (χ3n) is 5.30. The molecule has 0 bridgehead atoms. The van der Waals surface area contributed by atoms with E-state index in [-0.39, 0.29) is 17.6 Å². The highest BCUT2D eigenvalue weighted by Gasteiger charge is 2.21. The summed E-state index contributed by atoms with van der Waals surface area (Å²) >= 11 is 2.81. The number of carbonyl (C=O) groups is 2. The molecule has 166 valence electrons. The molecule has 0 saturated carbocycles. The van der Waals surface area contributed by atoms with E-state index >= 15 is 0 Å². The molecule has 2 aromatic carbocycles. The lowest BCUT2D eigenvalue weighted by molar-refractivity contribution is -0.128. The topological polar surface area (TPSA) is 65.5 Å². The molecule has 1 aromatic heterocycles. The molecule has 1 N–H and O–H groups in total. The van der Waals surface area contributed by atoms with Crippen LogP contribution in [0.5, 0.6) is 0 Å². The van der Waals surface area contributed by atoms with Crippen LogP contribution in [0, 0.1) is 6.92 Å². The second-order valence-electron chi connectivity index (χ2n) is 7.53. The van der Waals surface area contributed by atoms with Crippen molar-refractivity contribution in [2.75, 3.05) is 47.9 Å². The van der Waals surface area contributed by atoms with Crippen LogP contribution in [0.4, 0.5) is 10.8 Å². The summed E-state index contributed by atoms with van der Waals surface area (Å²) in [7, 11) is 0. The number of thiazole rings is 1. The van der Waals surface area contributed by atoms with Crippen molar-refractivity contribution < 1.29 is 9.59 Å². The summed E-state index contributed by atoms with van der Waals surface area (Å²) in [5, 5.41) is 3.46. The van der Waals surface area contributed by atoms with E-state index in [0.717, 1.165) is 29.2 Å². The molecule has 32 heavy (non-hydrogen) atoms. The van der Waals surface area contributed by atoms with Crippen molar-refractivity contribution in [3.8, 4) is 11.3 Å².